The number of hydrogen-bond acceptors (Lipinski definition) is 9. The van der Waals surface area contributed by atoms with Crippen molar-refractivity contribution in [2.45, 2.75) is 69.1 Å². The molecule has 2 heterocycles. The number of fused-ring (bicyclic) bond motifs is 1. The fourth-order valence-electron chi connectivity index (χ4n) is 4.04. The van der Waals surface area contributed by atoms with Crippen molar-refractivity contribution >= 4 is 5.97 Å². The Labute approximate surface area is 174 Å². The molecule has 2 aliphatic heterocycles. The van der Waals surface area contributed by atoms with E-state index in [4.69, 9.17) is 14.2 Å². The van der Waals surface area contributed by atoms with Crippen molar-refractivity contribution in [1.82, 2.24) is 0 Å². The smallest absolute Gasteiger partial charge is 0.334 e. The van der Waals surface area contributed by atoms with Crippen LogP contribution >= 0.6 is 0 Å². The van der Waals surface area contributed by atoms with Crippen LogP contribution in [0.1, 0.15) is 26.2 Å². The van der Waals surface area contributed by atoms with Crippen LogP contribution in [-0.4, -0.2) is 87.6 Å². The zero-order chi connectivity index (χ0) is 22.0. The molecule has 9 nitrogen and oxygen atoms in total. The molecule has 0 bridgehead atoms. The van der Waals surface area contributed by atoms with Gasteiger partial charge in [-0.25, -0.2) is 4.79 Å². The molecule has 0 aromatic rings. The summed E-state index contributed by atoms with van der Waals surface area (Å²) in [6.45, 7) is 4.92. The number of esters is 1. The van der Waals surface area contributed by atoms with Crippen molar-refractivity contribution in [2.24, 2.45) is 5.92 Å². The van der Waals surface area contributed by atoms with Gasteiger partial charge >= 0.3 is 5.97 Å². The number of rotatable bonds is 4. The van der Waals surface area contributed by atoms with E-state index in [1.807, 2.05) is 6.08 Å². The molecule has 3 aliphatic rings. The number of carbonyl (C=O) groups is 1. The van der Waals surface area contributed by atoms with Crippen molar-refractivity contribution in [2.75, 3.05) is 13.2 Å². The molecule has 30 heavy (non-hydrogen) atoms. The standard InChI is InChI=1S/C21H30O9/c1-10-7-15-13(11(2)20(27)28-15)5-3-12(8-22)4-6-14(10)29-21-19(26)18(25)17(24)16(9-23)30-21/h4,7,13-19,21-26H,2-3,5-6,8-9H2,1H3/b10-7+,12-4-/t13?,14-,15+,16+,17+,18-,19+,21+/m0/s1. The Hall–Kier alpha value is -1.59. The molecule has 2 saturated heterocycles. The van der Waals surface area contributed by atoms with Crippen molar-refractivity contribution in [3.8, 4) is 0 Å². The second-order valence-electron chi connectivity index (χ2n) is 8.03. The maximum atomic E-state index is 12.0. The van der Waals surface area contributed by atoms with Crippen LogP contribution in [-0.2, 0) is 19.0 Å². The first-order valence-corrected chi connectivity index (χ1v) is 10.1. The molecule has 8 atom stereocenters. The molecular formula is C21H30O9. The van der Waals surface area contributed by atoms with E-state index in [-0.39, 0.29) is 12.5 Å². The maximum absolute atomic E-state index is 12.0. The SMILES string of the molecule is C=C1C(=O)O[C@@H]2/C=C(\C)[C@@H](O[C@@H]3O[C@H](CO)[C@@H](O)[C@H](O)[C@H]3O)C/C=C(\CO)CCC12. The second kappa shape index (κ2) is 9.69. The summed E-state index contributed by atoms with van der Waals surface area (Å²) in [5.74, 6) is -0.664. The molecule has 0 aromatic carbocycles. The Morgan fingerprint density at radius 3 is 2.60 bits per heavy atom. The molecule has 9 heteroatoms. The van der Waals surface area contributed by atoms with Crippen molar-refractivity contribution in [1.29, 1.82) is 0 Å². The van der Waals surface area contributed by atoms with E-state index < -0.39 is 55.5 Å². The first kappa shape index (κ1) is 23.1. The van der Waals surface area contributed by atoms with Crippen LogP contribution in [0, 0.1) is 5.92 Å². The van der Waals surface area contributed by atoms with Gasteiger partial charge in [-0.1, -0.05) is 12.7 Å². The fourth-order valence-corrected chi connectivity index (χ4v) is 4.04. The van der Waals surface area contributed by atoms with Gasteiger partial charge < -0.3 is 39.7 Å². The van der Waals surface area contributed by atoms with Gasteiger partial charge in [0.1, 0.15) is 30.5 Å². The summed E-state index contributed by atoms with van der Waals surface area (Å²) in [7, 11) is 0. The highest BCUT2D eigenvalue weighted by atomic mass is 16.7. The Bertz CT molecular complexity index is 713. The van der Waals surface area contributed by atoms with E-state index in [0.29, 0.717) is 30.4 Å². The average Bonchev–Trinajstić information content (AvgIpc) is 2.99. The molecule has 0 radical (unpaired) electrons. The zero-order valence-electron chi connectivity index (χ0n) is 16.9. The van der Waals surface area contributed by atoms with Gasteiger partial charge in [-0.15, -0.1) is 0 Å². The van der Waals surface area contributed by atoms with E-state index >= 15 is 0 Å². The minimum atomic E-state index is -1.54. The highest BCUT2D eigenvalue weighted by molar-refractivity contribution is 5.91. The monoisotopic (exact) mass is 426 g/mol. The minimum absolute atomic E-state index is 0.145. The largest absolute Gasteiger partial charge is 0.454 e. The highest BCUT2D eigenvalue weighted by Crippen LogP contribution is 2.35. The van der Waals surface area contributed by atoms with E-state index in [1.54, 1.807) is 13.0 Å². The van der Waals surface area contributed by atoms with E-state index in [0.717, 1.165) is 5.57 Å². The molecule has 1 aliphatic carbocycles. The minimum Gasteiger partial charge on any atom is -0.454 e. The normalized spacial score (nSPS) is 43.8. The third-order valence-corrected chi connectivity index (χ3v) is 6.03. The average molecular weight is 426 g/mol. The van der Waals surface area contributed by atoms with Crippen LogP contribution < -0.4 is 0 Å². The predicted octanol–water partition coefficient (Wildman–Crippen LogP) is -0.682. The van der Waals surface area contributed by atoms with Crippen molar-refractivity contribution < 1.29 is 44.5 Å². The summed E-state index contributed by atoms with van der Waals surface area (Å²) in [4.78, 5) is 12.0. The van der Waals surface area contributed by atoms with Crippen molar-refractivity contribution in [3.63, 3.8) is 0 Å². The molecule has 168 valence electrons. The van der Waals surface area contributed by atoms with Crippen LogP contribution in [0.25, 0.3) is 0 Å². The Morgan fingerprint density at radius 1 is 1.20 bits per heavy atom. The number of hydrogen-bond donors (Lipinski definition) is 5. The quantitative estimate of drug-likeness (QED) is 0.224. The molecule has 0 saturated carbocycles. The third-order valence-electron chi connectivity index (χ3n) is 6.03. The molecular weight excluding hydrogens is 396 g/mol. The maximum Gasteiger partial charge on any atom is 0.334 e. The lowest BCUT2D eigenvalue weighted by molar-refractivity contribution is -0.308. The molecule has 0 amide bonds. The van der Waals surface area contributed by atoms with Gasteiger partial charge in [-0.3, -0.25) is 0 Å². The summed E-state index contributed by atoms with van der Waals surface area (Å²) in [5.41, 5.74) is 1.88. The first-order valence-electron chi connectivity index (χ1n) is 10.1. The molecule has 2 fully saturated rings. The Morgan fingerprint density at radius 2 is 1.93 bits per heavy atom. The van der Waals surface area contributed by atoms with Gasteiger partial charge in [-0.05, 0) is 43.4 Å². The lowest BCUT2D eigenvalue weighted by atomic mass is 9.87. The summed E-state index contributed by atoms with van der Waals surface area (Å²) in [6, 6.07) is 0. The first-order chi connectivity index (χ1) is 14.3. The van der Waals surface area contributed by atoms with Crippen LogP contribution in [0.3, 0.4) is 0 Å². The van der Waals surface area contributed by atoms with Gasteiger partial charge in [-0.2, -0.15) is 0 Å². The molecule has 3 rings (SSSR count). The molecule has 0 aromatic heterocycles. The van der Waals surface area contributed by atoms with Crippen LogP contribution in [0.2, 0.25) is 0 Å². The highest BCUT2D eigenvalue weighted by Gasteiger charge is 2.45. The summed E-state index contributed by atoms with van der Waals surface area (Å²) in [6.07, 6.45) is -2.90. The summed E-state index contributed by atoms with van der Waals surface area (Å²) >= 11 is 0. The van der Waals surface area contributed by atoms with Gasteiger partial charge in [0, 0.05) is 11.5 Å². The number of ether oxygens (including phenoxy) is 3. The molecule has 0 spiro atoms. The van der Waals surface area contributed by atoms with Gasteiger partial charge in [0.25, 0.3) is 0 Å². The van der Waals surface area contributed by atoms with E-state index in [9.17, 15) is 30.3 Å². The van der Waals surface area contributed by atoms with Gasteiger partial charge in [0.2, 0.25) is 0 Å². The van der Waals surface area contributed by atoms with Gasteiger partial charge in [0.15, 0.2) is 6.29 Å². The Balaban J connectivity index is 1.85. The van der Waals surface area contributed by atoms with Gasteiger partial charge in [0.05, 0.1) is 19.3 Å². The fraction of sp³-hybridized carbons (Fsp3) is 0.667. The van der Waals surface area contributed by atoms with Crippen LogP contribution in [0.4, 0.5) is 0 Å². The Kier molecular flexibility index (Phi) is 7.46. The van der Waals surface area contributed by atoms with E-state index in [2.05, 4.69) is 6.58 Å². The number of carbonyl (C=O) groups excluding carboxylic acids is 1. The van der Waals surface area contributed by atoms with E-state index in [1.165, 1.54) is 0 Å². The summed E-state index contributed by atoms with van der Waals surface area (Å²) < 4.78 is 16.8. The molecule has 1 unspecified atom stereocenters. The second-order valence-corrected chi connectivity index (χ2v) is 8.03. The topological polar surface area (TPSA) is 146 Å². The lowest BCUT2D eigenvalue weighted by Crippen LogP contribution is -2.59. The number of aliphatic hydroxyl groups excluding tert-OH is 5. The zero-order valence-corrected chi connectivity index (χ0v) is 16.9. The lowest BCUT2D eigenvalue weighted by Gasteiger charge is -2.41. The predicted molar refractivity (Wildman–Crippen MR) is 104 cm³/mol. The van der Waals surface area contributed by atoms with Crippen LogP contribution in [0.15, 0.2) is 35.5 Å². The summed E-state index contributed by atoms with van der Waals surface area (Å²) in [5, 5.41) is 49.3. The van der Waals surface area contributed by atoms with Crippen molar-refractivity contribution in [3.05, 3.63) is 35.5 Å². The molecule has 5 N–H and O–H groups in total. The van der Waals surface area contributed by atoms with Crippen LogP contribution in [0.5, 0.6) is 0 Å². The number of aliphatic hydroxyl groups is 5. The third kappa shape index (κ3) is 4.67.